The van der Waals surface area contributed by atoms with Gasteiger partial charge < -0.3 is 19.9 Å². The zero-order valence-corrected chi connectivity index (χ0v) is 20.6. The number of ether oxygens (including phenoxy) is 2. The summed E-state index contributed by atoms with van der Waals surface area (Å²) in [5.41, 5.74) is 1.91. The third-order valence-electron chi connectivity index (χ3n) is 7.21. The van der Waals surface area contributed by atoms with Crippen LogP contribution in [-0.4, -0.2) is 45.5 Å². The van der Waals surface area contributed by atoms with Crippen LogP contribution in [0, 0.1) is 12.8 Å². The first-order valence-electron chi connectivity index (χ1n) is 12.9. The number of rotatable bonds is 10. The van der Waals surface area contributed by atoms with E-state index in [1.165, 1.54) is 42.9 Å². The van der Waals surface area contributed by atoms with E-state index < -0.39 is 5.97 Å². The lowest BCUT2D eigenvalue weighted by molar-refractivity contribution is -0.124. The van der Waals surface area contributed by atoms with Gasteiger partial charge >= 0.3 is 5.97 Å². The molecule has 2 N–H and O–H groups in total. The third-order valence-corrected chi connectivity index (χ3v) is 7.21. The van der Waals surface area contributed by atoms with E-state index in [0.717, 1.165) is 43.4 Å². The molecule has 8 nitrogen and oxygen atoms in total. The number of aryl methyl sites for hydroxylation is 1. The first-order valence-corrected chi connectivity index (χ1v) is 12.9. The van der Waals surface area contributed by atoms with Gasteiger partial charge in [0.05, 0.1) is 12.1 Å². The van der Waals surface area contributed by atoms with E-state index in [-0.39, 0.29) is 42.8 Å². The summed E-state index contributed by atoms with van der Waals surface area (Å²) in [6.45, 7) is 2.92. The Balaban J connectivity index is 1.36. The Hall–Kier alpha value is -2.87. The van der Waals surface area contributed by atoms with Crippen molar-refractivity contribution in [1.82, 2.24) is 15.1 Å². The fourth-order valence-electron chi connectivity index (χ4n) is 5.12. The Morgan fingerprint density at radius 3 is 2.60 bits per heavy atom. The number of carbonyl (C=O) groups is 2. The van der Waals surface area contributed by atoms with Gasteiger partial charge in [-0.25, -0.2) is 9.48 Å². The van der Waals surface area contributed by atoms with Gasteiger partial charge in [-0.15, -0.1) is 0 Å². The Labute approximate surface area is 207 Å². The number of aromatic carboxylic acids is 1. The van der Waals surface area contributed by atoms with E-state index >= 15 is 0 Å². The zero-order valence-electron chi connectivity index (χ0n) is 20.6. The SMILES string of the molecule is Cc1ccccc1COc1cc(C(=O)O)nn1CC(=O)N[C@H]1CCCC[C@@H]1OCC1CCCCC1. The molecule has 0 unspecified atom stereocenters. The number of carboxylic acids is 1. The molecule has 1 aromatic heterocycles. The van der Waals surface area contributed by atoms with Gasteiger partial charge in [0.25, 0.3) is 0 Å². The highest BCUT2D eigenvalue weighted by Gasteiger charge is 2.29. The number of amides is 1. The van der Waals surface area contributed by atoms with Gasteiger partial charge in [0.1, 0.15) is 13.2 Å². The van der Waals surface area contributed by atoms with Crippen molar-refractivity contribution >= 4 is 11.9 Å². The van der Waals surface area contributed by atoms with Crippen LogP contribution in [0.3, 0.4) is 0 Å². The number of carbonyl (C=O) groups excluding carboxylic acids is 1. The molecule has 1 amide bonds. The fraction of sp³-hybridized carbons (Fsp3) is 0.593. The van der Waals surface area contributed by atoms with Crippen LogP contribution < -0.4 is 10.1 Å². The lowest BCUT2D eigenvalue weighted by Gasteiger charge is -2.33. The van der Waals surface area contributed by atoms with Gasteiger partial charge in [0.2, 0.25) is 11.8 Å². The number of benzene rings is 1. The van der Waals surface area contributed by atoms with Gasteiger partial charge in [0.15, 0.2) is 5.69 Å². The Morgan fingerprint density at radius 1 is 1.09 bits per heavy atom. The second-order valence-electron chi connectivity index (χ2n) is 9.88. The van der Waals surface area contributed by atoms with E-state index in [1.54, 1.807) is 0 Å². The number of carboxylic acid groups (broad SMARTS) is 1. The van der Waals surface area contributed by atoms with Crippen LogP contribution in [0.15, 0.2) is 30.3 Å². The molecular weight excluding hydrogens is 446 g/mol. The van der Waals surface area contributed by atoms with Gasteiger partial charge in [-0.05, 0) is 49.7 Å². The molecule has 4 rings (SSSR count). The average Bonchev–Trinajstić information content (AvgIpc) is 3.26. The summed E-state index contributed by atoms with van der Waals surface area (Å²) < 4.78 is 13.5. The smallest absolute Gasteiger partial charge is 0.356 e. The Kier molecular flexibility index (Phi) is 8.79. The first-order chi connectivity index (χ1) is 17.0. The van der Waals surface area contributed by atoms with Crippen LogP contribution >= 0.6 is 0 Å². The molecule has 8 heteroatoms. The Bertz CT molecular complexity index is 998. The molecule has 2 saturated carbocycles. The maximum atomic E-state index is 13.0. The summed E-state index contributed by atoms with van der Waals surface area (Å²) in [5, 5.41) is 16.6. The average molecular weight is 484 g/mol. The van der Waals surface area contributed by atoms with Crippen molar-refractivity contribution in [2.75, 3.05) is 6.61 Å². The van der Waals surface area contributed by atoms with Crippen molar-refractivity contribution in [2.24, 2.45) is 5.92 Å². The molecule has 2 aliphatic carbocycles. The molecule has 2 fully saturated rings. The highest BCUT2D eigenvalue weighted by molar-refractivity contribution is 5.85. The maximum Gasteiger partial charge on any atom is 0.356 e. The summed E-state index contributed by atoms with van der Waals surface area (Å²) in [4.78, 5) is 24.5. The molecule has 0 aliphatic heterocycles. The number of hydrogen-bond donors (Lipinski definition) is 2. The van der Waals surface area contributed by atoms with E-state index in [2.05, 4.69) is 10.4 Å². The lowest BCUT2D eigenvalue weighted by atomic mass is 9.89. The van der Waals surface area contributed by atoms with E-state index in [1.807, 2.05) is 31.2 Å². The summed E-state index contributed by atoms with van der Waals surface area (Å²) in [7, 11) is 0. The number of nitrogens with zero attached hydrogens (tertiary/aromatic N) is 2. The van der Waals surface area contributed by atoms with Crippen LogP contribution in [-0.2, 0) is 22.7 Å². The summed E-state index contributed by atoms with van der Waals surface area (Å²) >= 11 is 0. The number of nitrogens with one attached hydrogen (secondary N) is 1. The zero-order chi connectivity index (χ0) is 24.6. The Morgan fingerprint density at radius 2 is 1.83 bits per heavy atom. The first kappa shape index (κ1) is 25.2. The van der Waals surface area contributed by atoms with Crippen LogP contribution in [0.4, 0.5) is 0 Å². The van der Waals surface area contributed by atoms with Crippen LogP contribution in [0.5, 0.6) is 5.88 Å². The van der Waals surface area contributed by atoms with Crippen molar-refractivity contribution in [3.63, 3.8) is 0 Å². The predicted molar refractivity (Wildman–Crippen MR) is 131 cm³/mol. The molecule has 2 atom stereocenters. The highest BCUT2D eigenvalue weighted by atomic mass is 16.5. The molecule has 2 aliphatic rings. The topological polar surface area (TPSA) is 103 Å². The number of hydrogen-bond acceptors (Lipinski definition) is 5. The van der Waals surface area contributed by atoms with Crippen molar-refractivity contribution in [3.05, 3.63) is 47.2 Å². The third kappa shape index (κ3) is 7.07. The van der Waals surface area contributed by atoms with Crippen molar-refractivity contribution in [2.45, 2.75) is 90.0 Å². The lowest BCUT2D eigenvalue weighted by Crippen LogP contribution is -2.47. The molecule has 35 heavy (non-hydrogen) atoms. The summed E-state index contributed by atoms with van der Waals surface area (Å²) in [6.07, 6.45) is 10.4. The number of aromatic nitrogens is 2. The van der Waals surface area contributed by atoms with E-state index in [0.29, 0.717) is 5.92 Å². The van der Waals surface area contributed by atoms with E-state index in [9.17, 15) is 14.7 Å². The van der Waals surface area contributed by atoms with Crippen LogP contribution in [0.25, 0.3) is 0 Å². The minimum absolute atomic E-state index is 0.0265. The normalized spacial score (nSPS) is 20.9. The second kappa shape index (κ2) is 12.2. The minimum Gasteiger partial charge on any atom is -0.476 e. The van der Waals surface area contributed by atoms with Gasteiger partial charge in [-0.3, -0.25) is 4.79 Å². The summed E-state index contributed by atoms with van der Waals surface area (Å²) in [6, 6.07) is 9.15. The molecule has 0 radical (unpaired) electrons. The summed E-state index contributed by atoms with van der Waals surface area (Å²) in [5.74, 6) is -0.486. The van der Waals surface area contributed by atoms with Crippen molar-refractivity contribution in [3.8, 4) is 5.88 Å². The molecule has 2 aromatic rings. The highest BCUT2D eigenvalue weighted by Crippen LogP contribution is 2.27. The molecule has 0 saturated heterocycles. The van der Waals surface area contributed by atoms with Gasteiger partial charge in [0, 0.05) is 12.7 Å². The standard InChI is InChI=1S/C27H37N3O5/c1-19-9-5-6-12-21(19)18-35-26-15-23(27(32)33)29-30(26)16-25(31)28-22-13-7-8-14-24(22)34-17-20-10-3-2-4-11-20/h5-6,9,12,15,20,22,24H,2-4,7-8,10-11,13-14,16-18H2,1H3,(H,28,31)(H,32,33)/t22-,24-/m0/s1. The van der Waals surface area contributed by atoms with Crippen molar-refractivity contribution in [1.29, 1.82) is 0 Å². The maximum absolute atomic E-state index is 13.0. The second-order valence-corrected chi connectivity index (χ2v) is 9.88. The van der Waals surface area contributed by atoms with Crippen molar-refractivity contribution < 1.29 is 24.2 Å². The largest absolute Gasteiger partial charge is 0.476 e. The molecule has 0 bridgehead atoms. The molecule has 0 spiro atoms. The molecule has 1 heterocycles. The predicted octanol–water partition coefficient (Wildman–Crippen LogP) is 4.49. The monoisotopic (exact) mass is 483 g/mol. The quantitative estimate of drug-likeness (QED) is 0.516. The van der Waals surface area contributed by atoms with Crippen LogP contribution in [0.2, 0.25) is 0 Å². The minimum atomic E-state index is -1.16. The van der Waals surface area contributed by atoms with Gasteiger partial charge in [-0.2, -0.15) is 5.10 Å². The van der Waals surface area contributed by atoms with E-state index in [4.69, 9.17) is 9.47 Å². The fourth-order valence-corrected chi connectivity index (χ4v) is 5.12. The molecule has 190 valence electrons. The van der Waals surface area contributed by atoms with Gasteiger partial charge in [-0.1, -0.05) is 56.4 Å². The molecular formula is C27H37N3O5. The molecule has 1 aromatic carbocycles. The van der Waals surface area contributed by atoms with Crippen LogP contribution in [0.1, 0.15) is 79.4 Å².